The van der Waals surface area contributed by atoms with Crippen LogP contribution in [0.2, 0.25) is 0 Å². The average Bonchev–Trinajstić information content (AvgIpc) is 2.86. The number of aromatic nitrogens is 2. The van der Waals surface area contributed by atoms with E-state index in [0.717, 1.165) is 0 Å². The smallest absolute Gasteiger partial charge is 0.318 e. The quantitative estimate of drug-likeness (QED) is 0.843. The van der Waals surface area contributed by atoms with E-state index in [1.54, 1.807) is 0 Å². The average molecular weight is 236 g/mol. The molecular formula is C12H20N4O. The number of hydrogen-bond acceptors (Lipinski definition) is 5. The molecule has 0 radical (unpaired) electrons. The molecule has 0 atom stereocenters. The molecule has 1 aromatic rings. The lowest BCUT2D eigenvalue weighted by Gasteiger charge is -2.21. The lowest BCUT2D eigenvalue weighted by molar-refractivity contribution is 0.452. The molecule has 5 heteroatoms. The first-order chi connectivity index (χ1) is 8.33. The Bertz CT molecular complexity index is 368. The minimum absolute atomic E-state index is 0.583. The fraction of sp³-hybridized carbons (Fsp3) is 0.833. The lowest BCUT2D eigenvalue weighted by Crippen LogP contribution is -2.28. The van der Waals surface area contributed by atoms with Gasteiger partial charge in [-0.3, -0.25) is 0 Å². The Morgan fingerprint density at radius 1 is 1.24 bits per heavy atom. The topological polar surface area (TPSA) is 54.2 Å². The van der Waals surface area contributed by atoms with Crippen LogP contribution in [-0.4, -0.2) is 29.3 Å². The van der Waals surface area contributed by atoms with Crippen LogP contribution in [0.5, 0.6) is 0 Å². The summed E-state index contributed by atoms with van der Waals surface area (Å²) in [6, 6.07) is 1.93. The molecule has 2 aliphatic rings. The summed E-state index contributed by atoms with van der Waals surface area (Å²) in [7, 11) is 2.06. The number of rotatable bonds is 5. The molecule has 0 aromatic carbocycles. The van der Waals surface area contributed by atoms with Gasteiger partial charge in [0.15, 0.2) is 0 Å². The van der Waals surface area contributed by atoms with Crippen molar-refractivity contribution in [2.75, 3.05) is 11.9 Å². The highest BCUT2D eigenvalue weighted by Crippen LogP contribution is 2.26. The van der Waals surface area contributed by atoms with Gasteiger partial charge in [0.2, 0.25) is 5.89 Å². The van der Waals surface area contributed by atoms with Gasteiger partial charge < -0.3 is 14.6 Å². The van der Waals surface area contributed by atoms with Crippen molar-refractivity contribution in [3.05, 3.63) is 5.89 Å². The highest BCUT2D eigenvalue weighted by atomic mass is 16.4. The molecule has 94 valence electrons. The van der Waals surface area contributed by atoms with Gasteiger partial charge in [0.1, 0.15) is 0 Å². The van der Waals surface area contributed by atoms with E-state index in [9.17, 15) is 0 Å². The Hall–Kier alpha value is -1.10. The van der Waals surface area contributed by atoms with Crippen molar-refractivity contribution >= 4 is 6.01 Å². The van der Waals surface area contributed by atoms with Crippen LogP contribution in [0, 0.1) is 0 Å². The maximum Gasteiger partial charge on any atom is 0.318 e. The van der Waals surface area contributed by atoms with Crippen molar-refractivity contribution in [3.8, 4) is 0 Å². The fourth-order valence-corrected chi connectivity index (χ4v) is 2.43. The molecule has 0 unspecified atom stereocenters. The zero-order valence-electron chi connectivity index (χ0n) is 10.4. The monoisotopic (exact) mass is 236 g/mol. The van der Waals surface area contributed by atoms with E-state index in [0.29, 0.717) is 30.5 Å². The molecule has 2 fully saturated rings. The normalized spacial score (nSPS) is 21.0. The van der Waals surface area contributed by atoms with E-state index < -0.39 is 0 Å². The predicted octanol–water partition coefficient (Wildman–Crippen LogP) is 1.70. The SMILES string of the molecule is CN(c1nnc(CNC2CC2)o1)C1CCCC1. The van der Waals surface area contributed by atoms with Crippen LogP contribution in [0.15, 0.2) is 4.42 Å². The van der Waals surface area contributed by atoms with Crippen LogP contribution in [0.1, 0.15) is 44.4 Å². The molecule has 0 bridgehead atoms. The van der Waals surface area contributed by atoms with Gasteiger partial charge in [-0.25, -0.2) is 0 Å². The summed E-state index contributed by atoms with van der Waals surface area (Å²) in [5, 5.41) is 11.6. The number of nitrogens with one attached hydrogen (secondary N) is 1. The second-order valence-corrected chi connectivity index (χ2v) is 5.18. The molecule has 1 heterocycles. The molecule has 0 amide bonds. The van der Waals surface area contributed by atoms with E-state index in [-0.39, 0.29) is 0 Å². The second-order valence-electron chi connectivity index (χ2n) is 5.18. The molecular weight excluding hydrogens is 216 g/mol. The standard InChI is InChI=1S/C12H20N4O/c1-16(10-4-2-3-5-10)12-15-14-11(17-12)8-13-9-6-7-9/h9-10,13H,2-8H2,1H3. The molecule has 1 aromatic heterocycles. The van der Waals surface area contributed by atoms with Crippen LogP contribution >= 0.6 is 0 Å². The van der Waals surface area contributed by atoms with E-state index in [1.807, 2.05) is 0 Å². The van der Waals surface area contributed by atoms with Gasteiger partial charge in [-0.05, 0) is 25.7 Å². The van der Waals surface area contributed by atoms with Gasteiger partial charge in [-0.1, -0.05) is 17.9 Å². The molecule has 1 N–H and O–H groups in total. The molecule has 0 saturated heterocycles. The van der Waals surface area contributed by atoms with Crippen LogP contribution in [0.4, 0.5) is 6.01 Å². The van der Waals surface area contributed by atoms with Gasteiger partial charge >= 0.3 is 6.01 Å². The van der Waals surface area contributed by atoms with Crippen molar-refractivity contribution in [3.63, 3.8) is 0 Å². The van der Waals surface area contributed by atoms with Crippen molar-refractivity contribution < 1.29 is 4.42 Å². The molecule has 3 rings (SSSR count). The molecule has 0 aliphatic heterocycles. The van der Waals surface area contributed by atoms with E-state index in [4.69, 9.17) is 4.42 Å². The first kappa shape index (κ1) is 11.0. The minimum atomic E-state index is 0.583. The third kappa shape index (κ3) is 2.60. The van der Waals surface area contributed by atoms with Crippen molar-refractivity contribution in [1.82, 2.24) is 15.5 Å². The molecule has 0 spiro atoms. The predicted molar refractivity (Wildman–Crippen MR) is 64.8 cm³/mol. The fourth-order valence-electron chi connectivity index (χ4n) is 2.43. The van der Waals surface area contributed by atoms with Gasteiger partial charge in [-0.15, -0.1) is 5.10 Å². The third-order valence-corrected chi connectivity index (χ3v) is 3.75. The van der Waals surface area contributed by atoms with Gasteiger partial charge in [0, 0.05) is 19.1 Å². The van der Waals surface area contributed by atoms with E-state index in [1.165, 1.54) is 38.5 Å². The van der Waals surface area contributed by atoms with Crippen molar-refractivity contribution in [1.29, 1.82) is 0 Å². The summed E-state index contributed by atoms with van der Waals surface area (Å²) in [6.07, 6.45) is 7.69. The van der Waals surface area contributed by atoms with Crippen molar-refractivity contribution in [2.45, 2.75) is 57.2 Å². The zero-order valence-corrected chi connectivity index (χ0v) is 10.4. The van der Waals surface area contributed by atoms with Gasteiger partial charge in [0.25, 0.3) is 0 Å². The van der Waals surface area contributed by atoms with E-state index in [2.05, 4.69) is 27.5 Å². The largest absolute Gasteiger partial charge is 0.407 e. The Morgan fingerprint density at radius 3 is 2.71 bits per heavy atom. The second kappa shape index (κ2) is 4.64. The summed E-state index contributed by atoms with van der Waals surface area (Å²) < 4.78 is 5.68. The van der Waals surface area contributed by atoms with E-state index >= 15 is 0 Å². The Morgan fingerprint density at radius 2 is 2.00 bits per heavy atom. The Kier molecular flexibility index (Phi) is 3.01. The summed E-state index contributed by atoms with van der Waals surface area (Å²) in [5.41, 5.74) is 0. The van der Waals surface area contributed by atoms with Gasteiger partial charge in [0.05, 0.1) is 6.54 Å². The zero-order chi connectivity index (χ0) is 11.7. The van der Waals surface area contributed by atoms with Crippen LogP contribution < -0.4 is 10.2 Å². The highest BCUT2D eigenvalue weighted by Gasteiger charge is 2.24. The molecule has 17 heavy (non-hydrogen) atoms. The summed E-state index contributed by atoms with van der Waals surface area (Å²) in [6.45, 7) is 0.705. The molecule has 2 aliphatic carbocycles. The maximum atomic E-state index is 5.68. The van der Waals surface area contributed by atoms with Crippen LogP contribution in [-0.2, 0) is 6.54 Å². The van der Waals surface area contributed by atoms with Gasteiger partial charge in [-0.2, -0.15) is 0 Å². The Labute approximate surface area is 102 Å². The van der Waals surface area contributed by atoms with Crippen LogP contribution in [0.25, 0.3) is 0 Å². The number of hydrogen-bond donors (Lipinski definition) is 1. The number of nitrogens with zero attached hydrogens (tertiary/aromatic N) is 3. The summed E-state index contributed by atoms with van der Waals surface area (Å²) >= 11 is 0. The number of anilines is 1. The van der Waals surface area contributed by atoms with Crippen LogP contribution in [0.3, 0.4) is 0 Å². The van der Waals surface area contributed by atoms with Crippen molar-refractivity contribution in [2.24, 2.45) is 0 Å². The first-order valence-corrected chi connectivity index (χ1v) is 6.61. The molecule has 2 saturated carbocycles. The summed E-state index contributed by atoms with van der Waals surface area (Å²) in [5.74, 6) is 0.705. The lowest BCUT2D eigenvalue weighted by atomic mass is 10.2. The Balaban J connectivity index is 1.57. The minimum Gasteiger partial charge on any atom is -0.407 e. The molecule has 5 nitrogen and oxygen atoms in total. The third-order valence-electron chi connectivity index (χ3n) is 3.75. The first-order valence-electron chi connectivity index (χ1n) is 6.61. The summed E-state index contributed by atoms with van der Waals surface area (Å²) in [4.78, 5) is 2.14. The maximum absolute atomic E-state index is 5.68. The highest BCUT2D eigenvalue weighted by molar-refractivity contribution is 5.25.